The first-order valence-electron chi connectivity index (χ1n) is 4.89. The van der Waals surface area contributed by atoms with E-state index in [1.54, 1.807) is 0 Å². The van der Waals surface area contributed by atoms with Gasteiger partial charge in [-0.05, 0) is 26.4 Å². The van der Waals surface area contributed by atoms with Crippen molar-refractivity contribution in [1.29, 1.82) is 0 Å². The van der Waals surface area contributed by atoms with Crippen LogP contribution in [-0.2, 0) is 4.79 Å². The van der Waals surface area contributed by atoms with Crippen LogP contribution in [0.15, 0.2) is 0 Å². The van der Waals surface area contributed by atoms with Crippen molar-refractivity contribution in [2.45, 2.75) is 24.1 Å². The third kappa shape index (κ3) is 1.70. The molecule has 2 aliphatic heterocycles. The topological polar surface area (TPSA) is 32.3 Å². The van der Waals surface area contributed by atoms with Gasteiger partial charge < -0.3 is 10.2 Å². The largest absolute Gasteiger partial charge is 0.338 e. The Morgan fingerprint density at radius 3 is 3.15 bits per heavy atom. The SMILES string of the molecule is CNCCCN1C(=O)C2CC1CS2. The fraction of sp³-hybridized carbons (Fsp3) is 0.889. The van der Waals surface area contributed by atoms with E-state index in [4.69, 9.17) is 0 Å². The number of nitrogens with zero attached hydrogens (tertiary/aromatic N) is 1. The second-order valence-electron chi connectivity index (χ2n) is 3.70. The van der Waals surface area contributed by atoms with E-state index in [1.165, 1.54) is 0 Å². The molecule has 2 rings (SSSR count). The lowest BCUT2D eigenvalue weighted by Gasteiger charge is -2.26. The van der Waals surface area contributed by atoms with Gasteiger partial charge in [-0.1, -0.05) is 0 Å². The van der Waals surface area contributed by atoms with Gasteiger partial charge in [-0.2, -0.15) is 0 Å². The van der Waals surface area contributed by atoms with E-state index < -0.39 is 0 Å². The molecule has 0 aliphatic carbocycles. The third-order valence-corrected chi connectivity index (χ3v) is 4.17. The Morgan fingerprint density at radius 2 is 2.54 bits per heavy atom. The van der Waals surface area contributed by atoms with Crippen molar-refractivity contribution in [3.8, 4) is 0 Å². The fourth-order valence-electron chi connectivity index (χ4n) is 2.08. The average Bonchev–Trinajstić information content (AvgIpc) is 2.69. The van der Waals surface area contributed by atoms with Crippen molar-refractivity contribution >= 4 is 17.7 Å². The van der Waals surface area contributed by atoms with E-state index in [2.05, 4.69) is 10.2 Å². The molecule has 0 spiro atoms. The lowest BCUT2D eigenvalue weighted by molar-refractivity contribution is -0.128. The van der Waals surface area contributed by atoms with Crippen LogP contribution in [0.25, 0.3) is 0 Å². The molecule has 1 N–H and O–H groups in total. The van der Waals surface area contributed by atoms with Crippen molar-refractivity contribution in [2.75, 3.05) is 25.9 Å². The Bertz CT molecular complexity index is 210. The van der Waals surface area contributed by atoms with E-state index in [0.717, 1.165) is 31.7 Å². The average molecular weight is 200 g/mol. The molecule has 3 nitrogen and oxygen atoms in total. The highest BCUT2D eigenvalue weighted by molar-refractivity contribution is 8.01. The predicted molar refractivity (Wildman–Crippen MR) is 54.9 cm³/mol. The van der Waals surface area contributed by atoms with Gasteiger partial charge in [0.2, 0.25) is 5.91 Å². The molecule has 0 aromatic carbocycles. The summed E-state index contributed by atoms with van der Waals surface area (Å²) in [7, 11) is 1.95. The summed E-state index contributed by atoms with van der Waals surface area (Å²) in [6, 6.07) is 0.555. The first kappa shape index (κ1) is 9.34. The van der Waals surface area contributed by atoms with Crippen LogP contribution in [0, 0.1) is 0 Å². The molecule has 0 aromatic heterocycles. The minimum atomic E-state index is 0.305. The summed E-state index contributed by atoms with van der Waals surface area (Å²) in [4.78, 5) is 13.7. The third-order valence-electron chi connectivity index (χ3n) is 2.80. The van der Waals surface area contributed by atoms with E-state index in [1.807, 2.05) is 18.8 Å². The molecular weight excluding hydrogens is 184 g/mol. The van der Waals surface area contributed by atoms with Crippen LogP contribution in [0.2, 0.25) is 0 Å². The summed E-state index contributed by atoms with van der Waals surface area (Å²) in [5, 5.41) is 3.41. The summed E-state index contributed by atoms with van der Waals surface area (Å²) in [5.41, 5.74) is 0. The Kier molecular flexibility index (Phi) is 2.79. The summed E-state index contributed by atoms with van der Waals surface area (Å²) < 4.78 is 0. The smallest absolute Gasteiger partial charge is 0.236 e. The normalized spacial score (nSPS) is 31.8. The highest BCUT2D eigenvalue weighted by atomic mass is 32.2. The van der Waals surface area contributed by atoms with Crippen LogP contribution in [0.1, 0.15) is 12.8 Å². The van der Waals surface area contributed by atoms with Crippen molar-refractivity contribution in [2.24, 2.45) is 0 Å². The molecule has 74 valence electrons. The van der Waals surface area contributed by atoms with Gasteiger partial charge in [0.15, 0.2) is 0 Å². The van der Waals surface area contributed by atoms with Gasteiger partial charge in [0.1, 0.15) is 0 Å². The zero-order valence-electron chi connectivity index (χ0n) is 7.95. The number of hydrogen-bond acceptors (Lipinski definition) is 3. The molecule has 2 aliphatic rings. The van der Waals surface area contributed by atoms with Gasteiger partial charge >= 0.3 is 0 Å². The highest BCUT2D eigenvalue weighted by Gasteiger charge is 2.44. The number of carbonyl (C=O) groups is 1. The first-order valence-corrected chi connectivity index (χ1v) is 5.94. The molecule has 2 saturated heterocycles. The molecule has 0 radical (unpaired) electrons. The number of likely N-dealkylation sites (tertiary alicyclic amines) is 1. The van der Waals surface area contributed by atoms with Crippen LogP contribution >= 0.6 is 11.8 Å². The summed E-state index contributed by atoms with van der Waals surface area (Å²) in [6.07, 6.45) is 2.18. The van der Waals surface area contributed by atoms with Gasteiger partial charge in [0.25, 0.3) is 0 Å². The molecular formula is C9H16N2OS. The summed E-state index contributed by atoms with van der Waals surface area (Å²) in [6.45, 7) is 1.95. The second kappa shape index (κ2) is 3.88. The van der Waals surface area contributed by atoms with Gasteiger partial charge in [-0.25, -0.2) is 0 Å². The summed E-state index contributed by atoms with van der Waals surface area (Å²) in [5.74, 6) is 1.55. The van der Waals surface area contributed by atoms with E-state index in [9.17, 15) is 4.79 Å². The Balaban J connectivity index is 1.83. The lowest BCUT2D eigenvalue weighted by atomic mass is 10.2. The maximum atomic E-state index is 11.6. The number of thioether (sulfide) groups is 1. The van der Waals surface area contributed by atoms with E-state index in [0.29, 0.717) is 17.2 Å². The number of amides is 1. The minimum Gasteiger partial charge on any atom is -0.338 e. The second-order valence-corrected chi connectivity index (χ2v) is 4.94. The zero-order valence-corrected chi connectivity index (χ0v) is 8.77. The Labute approximate surface area is 83.2 Å². The quantitative estimate of drug-likeness (QED) is 0.663. The van der Waals surface area contributed by atoms with Crippen molar-refractivity contribution in [3.63, 3.8) is 0 Å². The standard InChI is InChI=1S/C9H16N2OS/c1-10-3-2-4-11-7-5-8(9(11)12)13-6-7/h7-8,10H,2-6H2,1H3. The van der Waals surface area contributed by atoms with Crippen LogP contribution in [0.3, 0.4) is 0 Å². The van der Waals surface area contributed by atoms with Crippen LogP contribution in [0.4, 0.5) is 0 Å². The molecule has 2 unspecified atom stereocenters. The molecule has 13 heavy (non-hydrogen) atoms. The lowest BCUT2D eigenvalue weighted by Crippen LogP contribution is -2.40. The van der Waals surface area contributed by atoms with E-state index >= 15 is 0 Å². The fourth-order valence-corrected chi connectivity index (χ4v) is 3.49. The van der Waals surface area contributed by atoms with E-state index in [-0.39, 0.29) is 0 Å². The number of hydrogen-bond donors (Lipinski definition) is 1. The maximum Gasteiger partial charge on any atom is 0.236 e. The van der Waals surface area contributed by atoms with Crippen LogP contribution < -0.4 is 5.32 Å². The molecule has 2 atom stereocenters. The van der Waals surface area contributed by atoms with Crippen molar-refractivity contribution in [1.82, 2.24) is 10.2 Å². The van der Waals surface area contributed by atoms with Crippen LogP contribution in [-0.4, -0.2) is 48.0 Å². The van der Waals surface area contributed by atoms with Crippen molar-refractivity contribution < 1.29 is 4.79 Å². The number of rotatable bonds is 4. The molecule has 2 bridgehead atoms. The number of fused-ring (bicyclic) bond motifs is 2. The van der Waals surface area contributed by atoms with Crippen molar-refractivity contribution in [3.05, 3.63) is 0 Å². The predicted octanol–water partition coefficient (Wildman–Crippen LogP) is 0.312. The molecule has 4 heteroatoms. The first-order chi connectivity index (χ1) is 6.33. The van der Waals surface area contributed by atoms with Gasteiger partial charge in [-0.15, -0.1) is 11.8 Å². The van der Waals surface area contributed by atoms with Crippen LogP contribution in [0.5, 0.6) is 0 Å². The maximum absolute atomic E-state index is 11.6. The van der Waals surface area contributed by atoms with Gasteiger partial charge in [-0.3, -0.25) is 4.79 Å². The molecule has 0 aromatic rings. The Morgan fingerprint density at radius 1 is 1.69 bits per heavy atom. The number of nitrogens with one attached hydrogen (secondary N) is 1. The summed E-state index contributed by atoms with van der Waals surface area (Å²) >= 11 is 1.84. The van der Waals surface area contributed by atoms with Gasteiger partial charge in [0.05, 0.1) is 5.25 Å². The highest BCUT2D eigenvalue weighted by Crippen LogP contribution is 2.38. The van der Waals surface area contributed by atoms with Gasteiger partial charge in [0, 0.05) is 18.3 Å². The molecule has 0 saturated carbocycles. The molecule has 2 heterocycles. The minimum absolute atomic E-state index is 0.305. The monoisotopic (exact) mass is 200 g/mol. The molecule has 2 fully saturated rings. The number of carbonyl (C=O) groups excluding carboxylic acids is 1. The Hall–Kier alpha value is -0.220. The molecule has 1 amide bonds. The zero-order chi connectivity index (χ0) is 9.26.